The van der Waals surface area contributed by atoms with Crippen molar-refractivity contribution in [3.05, 3.63) is 6.20 Å². The molecule has 5 N–H and O–H groups in total. The monoisotopic (exact) mass is 573 g/mol. The lowest BCUT2D eigenvalue weighted by atomic mass is 9.98. The number of ether oxygens (including phenoxy) is 1. The van der Waals surface area contributed by atoms with Crippen LogP contribution < -0.4 is 10.2 Å². The Bertz CT molecular complexity index is 858. The van der Waals surface area contributed by atoms with Gasteiger partial charge in [0.05, 0.1) is 12.8 Å². The number of hydrogen-bond donors (Lipinski definition) is 5. The Hall–Kier alpha value is -1.77. The number of amides is 2. The van der Waals surface area contributed by atoms with Crippen molar-refractivity contribution in [1.82, 2.24) is 20.3 Å². The minimum absolute atomic E-state index is 0.153. The van der Waals surface area contributed by atoms with Gasteiger partial charge in [-0.25, -0.2) is 4.68 Å². The number of nitrogens with one attached hydrogen (secondary N) is 1. The quantitative estimate of drug-likeness (QED) is 0.162. The zero-order valence-electron chi connectivity index (χ0n) is 23.4. The van der Waals surface area contributed by atoms with Crippen molar-refractivity contribution < 1.29 is 34.8 Å². The molecule has 39 heavy (non-hydrogen) atoms. The Labute approximate surface area is 235 Å². The third-order valence-corrected chi connectivity index (χ3v) is 8.09. The first kappa shape index (κ1) is 33.4. The van der Waals surface area contributed by atoms with Crippen LogP contribution in [0.5, 0.6) is 0 Å². The van der Waals surface area contributed by atoms with Gasteiger partial charge in [0, 0.05) is 19.2 Å². The van der Waals surface area contributed by atoms with E-state index in [1.165, 1.54) is 50.2 Å². The van der Waals surface area contributed by atoms with Crippen molar-refractivity contribution in [2.24, 2.45) is 0 Å². The Morgan fingerprint density at radius 2 is 1.72 bits per heavy atom. The summed E-state index contributed by atoms with van der Waals surface area (Å²) in [5.41, 5.74) is 0. The van der Waals surface area contributed by atoms with Crippen LogP contribution in [-0.4, -0.2) is 103 Å². The molecule has 12 nitrogen and oxygen atoms in total. The van der Waals surface area contributed by atoms with E-state index in [1.54, 1.807) is 11.8 Å². The molecule has 2 amide bonds. The number of aliphatic hydroxyl groups is 4. The molecule has 2 rings (SSSR count). The van der Waals surface area contributed by atoms with Gasteiger partial charge >= 0.3 is 0 Å². The normalized spacial score (nSPS) is 23.9. The summed E-state index contributed by atoms with van der Waals surface area (Å²) >= 11 is 1.59. The first-order chi connectivity index (χ1) is 18.7. The fourth-order valence-electron chi connectivity index (χ4n) is 4.40. The van der Waals surface area contributed by atoms with E-state index in [0.717, 1.165) is 36.1 Å². The highest BCUT2D eigenvalue weighted by Crippen LogP contribution is 2.28. The van der Waals surface area contributed by atoms with Gasteiger partial charge in [0.1, 0.15) is 30.5 Å². The molecule has 1 aromatic heterocycles. The molecular formula is C26H47N5O7S. The van der Waals surface area contributed by atoms with Gasteiger partial charge in [-0.05, 0) is 18.6 Å². The summed E-state index contributed by atoms with van der Waals surface area (Å²) in [6, 6.07) is -0.745. The number of aliphatic hydroxyl groups excluding tert-OH is 4. The van der Waals surface area contributed by atoms with Crippen LogP contribution in [0.4, 0.5) is 5.82 Å². The predicted molar refractivity (Wildman–Crippen MR) is 149 cm³/mol. The predicted octanol–water partition coefficient (Wildman–Crippen LogP) is 1.37. The smallest absolute Gasteiger partial charge is 0.251 e. The molecular weight excluding hydrogens is 526 g/mol. The van der Waals surface area contributed by atoms with Crippen molar-refractivity contribution in [2.75, 3.05) is 30.1 Å². The maximum absolute atomic E-state index is 13.4. The summed E-state index contributed by atoms with van der Waals surface area (Å²) in [5.74, 6) is 0.911. The molecule has 0 aliphatic carbocycles. The Kier molecular flexibility index (Phi) is 15.3. The molecule has 1 saturated heterocycles. The zero-order valence-corrected chi connectivity index (χ0v) is 24.3. The third kappa shape index (κ3) is 10.3. The molecule has 0 aromatic carbocycles. The number of rotatable bonds is 18. The summed E-state index contributed by atoms with van der Waals surface area (Å²) < 4.78 is 6.63. The fraction of sp³-hybridized carbons (Fsp3) is 0.846. The van der Waals surface area contributed by atoms with Crippen LogP contribution >= 0.6 is 11.8 Å². The number of hydrogen-bond acceptors (Lipinski definition) is 10. The van der Waals surface area contributed by atoms with E-state index in [-0.39, 0.29) is 17.6 Å². The van der Waals surface area contributed by atoms with E-state index < -0.39 is 43.3 Å². The van der Waals surface area contributed by atoms with Gasteiger partial charge in [-0.2, -0.15) is 11.8 Å². The SMILES string of the molecule is CCCCCCCCCCC(=O)N[C@H](CSCCC)C(=O)N(C)c1cn([C@@H]2OC(CO)C(O)C(O)C2O)nn1. The highest BCUT2D eigenvalue weighted by molar-refractivity contribution is 7.99. The number of aromatic nitrogens is 3. The summed E-state index contributed by atoms with van der Waals surface area (Å²) in [6.45, 7) is 3.67. The van der Waals surface area contributed by atoms with Crippen LogP contribution in [0, 0.1) is 0 Å². The average Bonchev–Trinajstić information content (AvgIpc) is 3.42. The molecule has 6 atom stereocenters. The zero-order chi connectivity index (χ0) is 28.8. The van der Waals surface area contributed by atoms with Gasteiger partial charge in [-0.3, -0.25) is 14.5 Å². The lowest BCUT2D eigenvalue weighted by Gasteiger charge is -2.39. The molecule has 0 radical (unpaired) electrons. The Morgan fingerprint density at radius 3 is 2.36 bits per heavy atom. The topological polar surface area (TPSA) is 170 Å². The fourth-order valence-corrected chi connectivity index (χ4v) is 5.32. The molecule has 2 heterocycles. The first-order valence-corrected chi connectivity index (χ1v) is 15.3. The van der Waals surface area contributed by atoms with E-state index >= 15 is 0 Å². The van der Waals surface area contributed by atoms with E-state index in [9.17, 15) is 30.0 Å². The molecule has 0 bridgehead atoms. The van der Waals surface area contributed by atoms with Gasteiger partial charge in [-0.1, -0.05) is 64.0 Å². The van der Waals surface area contributed by atoms with Gasteiger partial charge in [0.2, 0.25) is 5.91 Å². The van der Waals surface area contributed by atoms with Gasteiger partial charge < -0.3 is 30.5 Å². The van der Waals surface area contributed by atoms with Gasteiger partial charge in [0.15, 0.2) is 12.0 Å². The van der Waals surface area contributed by atoms with Gasteiger partial charge in [-0.15, -0.1) is 5.10 Å². The van der Waals surface area contributed by atoms with E-state index in [1.807, 2.05) is 6.92 Å². The average molecular weight is 574 g/mol. The highest BCUT2D eigenvalue weighted by Gasteiger charge is 2.45. The number of likely N-dealkylation sites (N-methyl/N-ethyl adjacent to an activating group) is 1. The Morgan fingerprint density at radius 1 is 1.05 bits per heavy atom. The first-order valence-electron chi connectivity index (χ1n) is 14.1. The van der Waals surface area contributed by atoms with Crippen LogP contribution in [0.1, 0.15) is 84.3 Å². The third-order valence-electron chi connectivity index (χ3n) is 6.82. The van der Waals surface area contributed by atoms with Crippen molar-refractivity contribution in [2.45, 2.75) is 115 Å². The standard InChI is InChI=1S/C26H47N5O7S/c1-4-6-7-8-9-10-11-12-13-21(33)27-18(17-39-14-5-2)25(37)30(3)20-15-31(29-28-20)26-24(36)23(35)22(34)19(16-32)38-26/h15,18-19,22-24,26,32,34-36H,4-14,16-17H2,1-3H3,(H,27,33)/t18-,19?,22?,23?,24?,26-/m1/s1. The summed E-state index contributed by atoms with van der Waals surface area (Å²) in [5, 5.41) is 50.7. The highest BCUT2D eigenvalue weighted by atomic mass is 32.2. The minimum atomic E-state index is -1.57. The number of carbonyl (C=O) groups is 2. The van der Waals surface area contributed by atoms with Crippen LogP contribution in [0.2, 0.25) is 0 Å². The maximum atomic E-state index is 13.4. The minimum Gasteiger partial charge on any atom is -0.394 e. The van der Waals surface area contributed by atoms with Gasteiger partial charge in [0.25, 0.3) is 5.91 Å². The van der Waals surface area contributed by atoms with Crippen LogP contribution in [0.25, 0.3) is 0 Å². The van der Waals surface area contributed by atoms with Crippen LogP contribution in [-0.2, 0) is 14.3 Å². The molecule has 4 unspecified atom stereocenters. The molecule has 0 spiro atoms. The summed E-state index contributed by atoms with van der Waals surface area (Å²) in [6.07, 6.45) is 4.81. The molecule has 1 aromatic rings. The van der Waals surface area contributed by atoms with Crippen molar-refractivity contribution in [1.29, 1.82) is 0 Å². The summed E-state index contributed by atoms with van der Waals surface area (Å²) in [7, 11) is 1.52. The van der Waals surface area contributed by atoms with Crippen molar-refractivity contribution >= 4 is 29.4 Å². The second-order valence-corrected chi connectivity index (χ2v) is 11.2. The second-order valence-electron chi connectivity index (χ2n) is 10.1. The molecule has 0 saturated carbocycles. The van der Waals surface area contributed by atoms with Crippen molar-refractivity contribution in [3.63, 3.8) is 0 Å². The van der Waals surface area contributed by atoms with E-state index in [2.05, 4.69) is 22.6 Å². The molecule has 224 valence electrons. The molecule has 13 heteroatoms. The van der Waals surface area contributed by atoms with Crippen LogP contribution in [0.3, 0.4) is 0 Å². The molecule has 1 fully saturated rings. The van der Waals surface area contributed by atoms with Crippen molar-refractivity contribution in [3.8, 4) is 0 Å². The second kappa shape index (κ2) is 17.8. The maximum Gasteiger partial charge on any atom is 0.251 e. The summed E-state index contributed by atoms with van der Waals surface area (Å²) in [4.78, 5) is 27.3. The largest absolute Gasteiger partial charge is 0.394 e. The number of carbonyl (C=O) groups excluding carboxylic acids is 2. The van der Waals surface area contributed by atoms with Crippen LogP contribution in [0.15, 0.2) is 6.20 Å². The number of nitrogens with zero attached hydrogens (tertiary/aromatic N) is 4. The molecule has 1 aliphatic rings. The lowest BCUT2D eigenvalue weighted by Crippen LogP contribution is -2.56. The number of unbranched alkanes of at least 4 members (excludes halogenated alkanes) is 7. The van der Waals surface area contributed by atoms with E-state index in [4.69, 9.17) is 4.74 Å². The lowest BCUT2D eigenvalue weighted by molar-refractivity contribution is -0.254. The number of anilines is 1. The molecule has 1 aliphatic heterocycles. The Balaban J connectivity index is 1.96. The number of thioether (sulfide) groups is 1. The van der Waals surface area contributed by atoms with E-state index in [0.29, 0.717) is 12.2 Å².